The van der Waals surface area contributed by atoms with Crippen LogP contribution in [0.3, 0.4) is 0 Å². The minimum Gasteiger partial charge on any atom is -0.357 e. The van der Waals surface area contributed by atoms with Gasteiger partial charge in [-0.15, -0.1) is 0 Å². The summed E-state index contributed by atoms with van der Waals surface area (Å²) in [6, 6.07) is 0.285. The van der Waals surface area contributed by atoms with Crippen molar-refractivity contribution in [3.8, 4) is 0 Å². The van der Waals surface area contributed by atoms with Crippen molar-refractivity contribution in [3.05, 3.63) is 34.9 Å². The van der Waals surface area contributed by atoms with E-state index in [1.54, 1.807) is 0 Å². The Labute approximate surface area is 156 Å². The summed E-state index contributed by atoms with van der Waals surface area (Å²) in [6.07, 6.45) is 6.94. The van der Waals surface area contributed by atoms with Gasteiger partial charge in [-0.25, -0.2) is 0 Å². The van der Waals surface area contributed by atoms with Crippen LogP contribution < -0.4 is 10.6 Å². The zero-order valence-electron chi connectivity index (χ0n) is 17.0. The monoisotopic (exact) mass is 359 g/mol. The fraction of sp³-hybridized carbons (Fsp3) is 0.632. The van der Waals surface area contributed by atoms with Crippen LogP contribution in [0.5, 0.6) is 0 Å². The van der Waals surface area contributed by atoms with Gasteiger partial charge in [-0.3, -0.25) is 14.4 Å². The summed E-state index contributed by atoms with van der Waals surface area (Å²) in [6.45, 7) is 10.1. The summed E-state index contributed by atoms with van der Waals surface area (Å²) in [7, 11) is 3.94. The standard InChI is InChI=1S/C19H33N7/c1-7-20-19(21-10-8-9-17-12-22-25(5)13-17)23-14(2)11-18-15(3)24-26(6)16(18)4/h12-14H,7-11H2,1-6H3,(H2,20,21,23). The van der Waals surface area contributed by atoms with Crippen molar-refractivity contribution < 1.29 is 0 Å². The average Bonchev–Trinajstić information content (AvgIpc) is 3.10. The summed E-state index contributed by atoms with van der Waals surface area (Å²) in [5.74, 6) is 0.880. The van der Waals surface area contributed by atoms with E-state index in [9.17, 15) is 0 Å². The Balaban J connectivity index is 1.87. The van der Waals surface area contributed by atoms with Gasteiger partial charge in [0.2, 0.25) is 0 Å². The Kier molecular flexibility index (Phi) is 7.24. The SMILES string of the molecule is CCNC(=NCCCc1cnn(C)c1)NC(C)Cc1c(C)nn(C)c1C. The largest absolute Gasteiger partial charge is 0.357 e. The molecule has 144 valence electrons. The van der Waals surface area contributed by atoms with Crippen molar-refractivity contribution >= 4 is 5.96 Å². The Bertz CT molecular complexity index is 726. The van der Waals surface area contributed by atoms with E-state index < -0.39 is 0 Å². The van der Waals surface area contributed by atoms with Crippen LogP contribution in [0.1, 0.15) is 42.8 Å². The highest BCUT2D eigenvalue weighted by molar-refractivity contribution is 5.80. The minimum absolute atomic E-state index is 0.285. The number of guanidine groups is 1. The molecular formula is C19H33N7. The summed E-state index contributed by atoms with van der Waals surface area (Å²) in [4.78, 5) is 4.71. The maximum atomic E-state index is 4.71. The van der Waals surface area contributed by atoms with E-state index in [2.05, 4.69) is 54.7 Å². The number of rotatable bonds is 8. The lowest BCUT2D eigenvalue weighted by Gasteiger charge is -2.18. The average molecular weight is 360 g/mol. The van der Waals surface area contributed by atoms with Crippen LogP contribution in [0.4, 0.5) is 0 Å². The number of aliphatic imine (C=N–C) groups is 1. The molecule has 1 atom stereocenters. The van der Waals surface area contributed by atoms with Gasteiger partial charge >= 0.3 is 0 Å². The Hall–Kier alpha value is -2.31. The maximum Gasteiger partial charge on any atom is 0.191 e. The Morgan fingerprint density at radius 1 is 1.31 bits per heavy atom. The molecule has 7 heteroatoms. The third-order valence-electron chi connectivity index (χ3n) is 4.55. The summed E-state index contributed by atoms with van der Waals surface area (Å²) >= 11 is 0. The van der Waals surface area contributed by atoms with Crippen molar-refractivity contribution in [1.82, 2.24) is 30.2 Å². The number of aryl methyl sites for hydroxylation is 4. The van der Waals surface area contributed by atoms with Gasteiger partial charge in [0.05, 0.1) is 11.9 Å². The zero-order valence-corrected chi connectivity index (χ0v) is 17.0. The van der Waals surface area contributed by atoms with Crippen molar-refractivity contribution in [2.24, 2.45) is 19.1 Å². The molecule has 1 unspecified atom stereocenters. The predicted molar refractivity (Wildman–Crippen MR) is 106 cm³/mol. The Morgan fingerprint density at radius 3 is 2.65 bits per heavy atom. The second-order valence-corrected chi connectivity index (χ2v) is 6.91. The predicted octanol–water partition coefficient (Wildman–Crippen LogP) is 1.89. The van der Waals surface area contributed by atoms with Crippen LogP contribution >= 0.6 is 0 Å². The van der Waals surface area contributed by atoms with Gasteiger partial charge in [0, 0.05) is 45.1 Å². The molecule has 0 aliphatic rings. The van der Waals surface area contributed by atoms with Crippen LogP contribution in [-0.2, 0) is 26.9 Å². The molecule has 26 heavy (non-hydrogen) atoms. The molecule has 2 rings (SSSR count). The van der Waals surface area contributed by atoms with Crippen molar-refractivity contribution in [2.45, 2.75) is 53.0 Å². The molecule has 0 bridgehead atoms. The molecular weight excluding hydrogens is 326 g/mol. The highest BCUT2D eigenvalue weighted by Crippen LogP contribution is 2.14. The van der Waals surface area contributed by atoms with E-state index in [-0.39, 0.29) is 6.04 Å². The molecule has 7 nitrogen and oxygen atoms in total. The molecule has 0 aliphatic heterocycles. The molecule has 2 heterocycles. The van der Waals surface area contributed by atoms with E-state index in [0.717, 1.165) is 44.0 Å². The molecule has 0 spiro atoms. The molecule has 2 aromatic heterocycles. The van der Waals surface area contributed by atoms with Gasteiger partial charge < -0.3 is 10.6 Å². The van der Waals surface area contributed by atoms with E-state index >= 15 is 0 Å². The second-order valence-electron chi connectivity index (χ2n) is 6.91. The highest BCUT2D eigenvalue weighted by Gasteiger charge is 2.13. The van der Waals surface area contributed by atoms with Gasteiger partial charge in [-0.2, -0.15) is 10.2 Å². The maximum absolute atomic E-state index is 4.71. The Morgan fingerprint density at radius 2 is 2.08 bits per heavy atom. The van der Waals surface area contributed by atoms with Crippen molar-refractivity contribution in [3.63, 3.8) is 0 Å². The van der Waals surface area contributed by atoms with Crippen LogP contribution in [0.25, 0.3) is 0 Å². The van der Waals surface area contributed by atoms with Gasteiger partial charge in [-0.1, -0.05) is 0 Å². The molecule has 2 N–H and O–H groups in total. The zero-order chi connectivity index (χ0) is 19.1. The minimum atomic E-state index is 0.285. The summed E-state index contributed by atoms with van der Waals surface area (Å²) in [5.41, 5.74) is 4.92. The van der Waals surface area contributed by atoms with Crippen LogP contribution in [-0.4, -0.2) is 44.7 Å². The van der Waals surface area contributed by atoms with Gasteiger partial charge in [0.1, 0.15) is 0 Å². The lowest BCUT2D eigenvalue weighted by Crippen LogP contribution is -2.43. The quantitative estimate of drug-likeness (QED) is 0.429. The third kappa shape index (κ3) is 5.61. The number of nitrogens with one attached hydrogen (secondary N) is 2. The fourth-order valence-electron chi connectivity index (χ4n) is 3.10. The lowest BCUT2D eigenvalue weighted by molar-refractivity contribution is 0.634. The summed E-state index contributed by atoms with van der Waals surface area (Å²) in [5, 5.41) is 15.6. The normalized spacial score (nSPS) is 13.1. The molecule has 2 aromatic rings. The lowest BCUT2D eigenvalue weighted by atomic mass is 10.1. The third-order valence-corrected chi connectivity index (χ3v) is 4.55. The number of hydrogen-bond acceptors (Lipinski definition) is 3. The topological polar surface area (TPSA) is 72.1 Å². The van der Waals surface area contributed by atoms with Crippen LogP contribution in [0, 0.1) is 13.8 Å². The van der Waals surface area contributed by atoms with E-state index in [1.165, 1.54) is 16.8 Å². The highest BCUT2D eigenvalue weighted by atomic mass is 15.3. The molecule has 0 saturated heterocycles. The van der Waals surface area contributed by atoms with Crippen molar-refractivity contribution in [1.29, 1.82) is 0 Å². The van der Waals surface area contributed by atoms with Crippen LogP contribution in [0.2, 0.25) is 0 Å². The number of hydrogen-bond donors (Lipinski definition) is 2. The molecule has 0 amide bonds. The molecule has 0 fully saturated rings. The first-order valence-corrected chi connectivity index (χ1v) is 9.42. The van der Waals surface area contributed by atoms with Gasteiger partial charge in [-0.05, 0) is 58.1 Å². The molecule has 0 saturated carbocycles. The second kappa shape index (κ2) is 9.40. The van der Waals surface area contributed by atoms with Crippen molar-refractivity contribution in [2.75, 3.05) is 13.1 Å². The summed E-state index contributed by atoms with van der Waals surface area (Å²) < 4.78 is 3.80. The van der Waals surface area contributed by atoms with E-state index in [4.69, 9.17) is 4.99 Å². The van der Waals surface area contributed by atoms with Gasteiger partial charge in [0.15, 0.2) is 5.96 Å². The molecule has 0 radical (unpaired) electrons. The number of nitrogens with zero attached hydrogens (tertiary/aromatic N) is 5. The smallest absolute Gasteiger partial charge is 0.191 e. The first-order chi connectivity index (χ1) is 12.4. The molecule has 0 aromatic carbocycles. The van der Waals surface area contributed by atoms with Crippen LogP contribution in [0.15, 0.2) is 17.4 Å². The fourth-order valence-corrected chi connectivity index (χ4v) is 3.10. The first kappa shape index (κ1) is 20.0. The number of aromatic nitrogens is 4. The first-order valence-electron chi connectivity index (χ1n) is 9.42. The van der Waals surface area contributed by atoms with E-state index in [1.807, 2.05) is 29.7 Å². The van der Waals surface area contributed by atoms with E-state index in [0.29, 0.717) is 0 Å². The van der Waals surface area contributed by atoms with Gasteiger partial charge in [0.25, 0.3) is 0 Å². The molecule has 0 aliphatic carbocycles.